The predicted octanol–water partition coefficient (Wildman–Crippen LogP) is 2.30. The highest BCUT2D eigenvalue weighted by Crippen LogP contribution is 2.27. The van der Waals surface area contributed by atoms with Gasteiger partial charge in [-0.2, -0.15) is 0 Å². The quantitative estimate of drug-likeness (QED) is 0.831. The third-order valence-corrected chi connectivity index (χ3v) is 3.91. The first kappa shape index (κ1) is 13.4. The fourth-order valence-electron chi connectivity index (χ4n) is 2.80. The molecule has 18 heavy (non-hydrogen) atoms. The minimum absolute atomic E-state index is 0.475. The van der Waals surface area contributed by atoms with Crippen molar-refractivity contribution >= 4 is 5.69 Å². The highest BCUT2D eigenvalue weighted by Gasteiger charge is 2.26. The standard InChI is InChI=1S/C15H24N2O/c1-11(2)15(10-18-3)17-8-7-12-5-4-6-14(16)13(12)9-17/h4-6,11,15H,7-10,16H2,1-3H3. The maximum absolute atomic E-state index is 6.10. The third-order valence-electron chi connectivity index (χ3n) is 3.91. The number of hydrogen-bond donors (Lipinski definition) is 1. The first-order chi connectivity index (χ1) is 8.63. The second kappa shape index (κ2) is 5.72. The van der Waals surface area contributed by atoms with Crippen LogP contribution in [0.25, 0.3) is 0 Å². The van der Waals surface area contributed by atoms with Crippen LogP contribution >= 0.6 is 0 Å². The van der Waals surface area contributed by atoms with Crippen molar-refractivity contribution in [3.63, 3.8) is 0 Å². The van der Waals surface area contributed by atoms with Gasteiger partial charge in [-0.05, 0) is 29.5 Å². The van der Waals surface area contributed by atoms with Gasteiger partial charge >= 0.3 is 0 Å². The van der Waals surface area contributed by atoms with Crippen molar-refractivity contribution in [2.24, 2.45) is 5.92 Å². The van der Waals surface area contributed by atoms with Gasteiger partial charge in [0.1, 0.15) is 0 Å². The molecule has 1 heterocycles. The molecule has 0 fully saturated rings. The largest absolute Gasteiger partial charge is 0.398 e. The van der Waals surface area contributed by atoms with Crippen LogP contribution in [0.15, 0.2) is 18.2 Å². The molecule has 3 heteroatoms. The Labute approximate surface area is 110 Å². The molecule has 0 radical (unpaired) electrons. The third kappa shape index (κ3) is 2.68. The van der Waals surface area contributed by atoms with Crippen LogP contribution in [0.3, 0.4) is 0 Å². The van der Waals surface area contributed by atoms with Crippen LogP contribution in [-0.4, -0.2) is 31.2 Å². The number of nitrogens with zero attached hydrogens (tertiary/aromatic N) is 1. The Morgan fingerprint density at radius 3 is 2.83 bits per heavy atom. The van der Waals surface area contributed by atoms with Crippen molar-refractivity contribution in [3.8, 4) is 0 Å². The van der Waals surface area contributed by atoms with Gasteiger partial charge in [0, 0.05) is 31.9 Å². The monoisotopic (exact) mass is 248 g/mol. The average molecular weight is 248 g/mol. The molecule has 1 aliphatic heterocycles. The number of fused-ring (bicyclic) bond motifs is 1. The minimum Gasteiger partial charge on any atom is -0.398 e. The van der Waals surface area contributed by atoms with Crippen LogP contribution in [0.1, 0.15) is 25.0 Å². The lowest BCUT2D eigenvalue weighted by Gasteiger charge is -2.37. The van der Waals surface area contributed by atoms with E-state index in [-0.39, 0.29) is 0 Å². The van der Waals surface area contributed by atoms with Gasteiger partial charge in [0.2, 0.25) is 0 Å². The van der Waals surface area contributed by atoms with Crippen molar-refractivity contribution < 1.29 is 4.74 Å². The SMILES string of the molecule is COCC(C(C)C)N1CCc2cccc(N)c2C1. The lowest BCUT2D eigenvalue weighted by molar-refractivity contribution is 0.0561. The lowest BCUT2D eigenvalue weighted by Crippen LogP contribution is -2.44. The van der Waals surface area contributed by atoms with E-state index in [1.165, 1.54) is 11.1 Å². The second-order valence-electron chi connectivity index (χ2n) is 5.47. The molecule has 100 valence electrons. The van der Waals surface area contributed by atoms with Crippen molar-refractivity contribution in [1.82, 2.24) is 4.90 Å². The molecule has 0 amide bonds. The zero-order chi connectivity index (χ0) is 13.1. The first-order valence-corrected chi connectivity index (χ1v) is 6.72. The van der Waals surface area contributed by atoms with Gasteiger partial charge in [-0.15, -0.1) is 0 Å². The molecule has 2 rings (SSSR count). The van der Waals surface area contributed by atoms with E-state index in [1.54, 1.807) is 7.11 Å². The normalized spacial score (nSPS) is 17.8. The molecule has 0 aromatic heterocycles. The van der Waals surface area contributed by atoms with E-state index in [1.807, 2.05) is 6.07 Å². The van der Waals surface area contributed by atoms with Crippen molar-refractivity contribution in [2.75, 3.05) is 26.0 Å². The van der Waals surface area contributed by atoms with Gasteiger partial charge in [0.15, 0.2) is 0 Å². The number of hydrogen-bond acceptors (Lipinski definition) is 3. The Kier molecular flexibility index (Phi) is 4.25. The Morgan fingerprint density at radius 2 is 2.17 bits per heavy atom. The first-order valence-electron chi connectivity index (χ1n) is 6.72. The van der Waals surface area contributed by atoms with Gasteiger partial charge < -0.3 is 10.5 Å². The van der Waals surface area contributed by atoms with E-state index < -0.39 is 0 Å². The summed E-state index contributed by atoms with van der Waals surface area (Å²) in [4.78, 5) is 2.51. The van der Waals surface area contributed by atoms with Crippen molar-refractivity contribution in [2.45, 2.75) is 32.9 Å². The number of benzene rings is 1. The molecule has 0 saturated heterocycles. The zero-order valence-corrected chi connectivity index (χ0v) is 11.6. The van der Waals surface area contributed by atoms with Gasteiger partial charge in [-0.3, -0.25) is 4.90 Å². The predicted molar refractivity (Wildman–Crippen MR) is 75.5 cm³/mol. The summed E-state index contributed by atoms with van der Waals surface area (Å²) in [5.41, 5.74) is 9.74. The molecule has 1 aliphatic rings. The summed E-state index contributed by atoms with van der Waals surface area (Å²) in [5, 5.41) is 0. The van der Waals surface area contributed by atoms with E-state index in [0.717, 1.165) is 31.8 Å². The number of nitrogens with two attached hydrogens (primary N) is 1. The molecule has 0 bridgehead atoms. The summed E-state index contributed by atoms with van der Waals surface area (Å²) >= 11 is 0. The number of nitrogen functional groups attached to an aromatic ring is 1. The number of anilines is 1. The molecule has 1 unspecified atom stereocenters. The maximum Gasteiger partial charge on any atom is 0.0620 e. The van der Waals surface area contributed by atoms with Crippen molar-refractivity contribution in [1.29, 1.82) is 0 Å². The van der Waals surface area contributed by atoms with E-state index in [2.05, 4.69) is 30.9 Å². The average Bonchev–Trinajstić information content (AvgIpc) is 2.36. The molecule has 1 aromatic carbocycles. The lowest BCUT2D eigenvalue weighted by atomic mass is 9.94. The zero-order valence-electron chi connectivity index (χ0n) is 11.6. The number of ether oxygens (including phenoxy) is 1. The van der Waals surface area contributed by atoms with E-state index in [0.29, 0.717) is 12.0 Å². The second-order valence-corrected chi connectivity index (χ2v) is 5.47. The fourth-order valence-corrected chi connectivity index (χ4v) is 2.80. The van der Waals surface area contributed by atoms with Crippen LogP contribution in [0, 0.1) is 5.92 Å². The van der Waals surface area contributed by atoms with Gasteiger partial charge in [0.05, 0.1) is 6.61 Å². The van der Waals surface area contributed by atoms with Crippen LogP contribution < -0.4 is 5.73 Å². The van der Waals surface area contributed by atoms with Crippen LogP contribution in [0.5, 0.6) is 0 Å². The summed E-state index contributed by atoms with van der Waals surface area (Å²) in [6, 6.07) is 6.73. The number of methoxy groups -OCH3 is 1. The van der Waals surface area contributed by atoms with Gasteiger partial charge in [0.25, 0.3) is 0 Å². The maximum atomic E-state index is 6.10. The molecule has 3 nitrogen and oxygen atoms in total. The van der Waals surface area contributed by atoms with Crippen LogP contribution in [0.2, 0.25) is 0 Å². The molecular formula is C15H24N2O. The Morgan fingerprint density at radius 1 is 1.39 bits per heavy atom. The van der Waals surface area contributed by atoms with E-state index in [9.17, 15) is 0 Å². The summed E-state index contributed by atoms with van der Waals surface area (Å²) in [6.07, 6.45) is 1.09. The molecule has 1 aromatic rings. The Balaban J connectivity index is 2.17. The summed E-state index contributed by atoms with van der Waals surface area (Å²) in [6.45, 7) is 7.36. The molecular weight excluding hydrogens is 224 g/mol. The molecule has 0 aliphatic carbocycles. The highest BCUT2D eigenvalue weighted by atomic mass is 16.5. The van der Waals surface area contributed by atoms with E-state index in [4.69, 9.17) is 10.5 Å². The van der Waals surface area contributed by atoms with Gasteiger partial charge in [-0.1, -0.05) is 26.0 Å². The topological polar surface area (TPSA) is 38.5 Å². The number of rotatable bonds is 4. The molecule has 0 saturated carbocycles. The van der Waals surface area contributed by atoms with E-state index >= 15 is 0 Å². The Bertz CT molecular complexity index is 403. The van der Waals surface area contributed by atoms with Crippen LogP contribution in [0.4, 0.5) is 5.69 Å². The smallest absolute Gasteiger partial charge is 0.0620 e. The van der Waals surface area contributed by atoms with Crippen LogP contribution in [-0.2, 0) is 17.7 Å². The molecule has 0 spiro atoms. The Hall–Kier alpha value is -1.06. The van der Waals surface area contributed by atoms with Crippen molar-refractivity contribution in [3.05, 3.63) is 29.3 Å². The van der Waals surface area contributed by atoms with Gasteiger partial charge in [-0.25, -0.2) is 0 Å². The highest BCUT2D eigenvalue weighted by molar-refractivity contribution is 5.51. The summed E-state index contributed by atoms with van der Waals surface area (Å²) in [5.74, 6) is 0.594. The molecule has 2 N–H and O–H groups in total. The fraction of sp³-hybridized carbons (Fsp3) is 0.600. The summed E-state index contributed by atoms with van der Waals surface area (Å²) < 4.78 is 5.36. The summed E-state index contributed by atoms with van der Waals surface area (Å²) in [7, 11) is 1.78. The minimum atomic E-state index is 0.475. The molecule has 1 atom stereocenters.